The first-order valence-electron chi connectivity index (χ1n) is 7.69. The normalized spacial score (nSPS) is 15.4. The van der Waals surface area contributed by atoms with Gasteiger partial charge in [-0.3, -0.25) is 19.8 Å². The lowest BCUT2D eigenvalue weighted by atomic mass is 10.1. The molecule has 130 valence electrons. The van der Waals surface area contributed by atoms with Crippen LogP contribution in [0.1, 0.15) is 31.8 Å². The number of hydrogen-bond acceptors (Lipinski definition) is 5. The fraction of sp³-hybridized carbons (Fsp3) is 0.0526. The second-order valence-corrected chi connectivity index (χ2v) is 7.29. The SMILES string of the molecule is Cc1cccc(C(=O)NN2C(=O)/C(=C\c3ccc(C=O)cc3)SC2=S)c1. The number of carbonyl (C=O) groups excluding carboxylic acids is 3. The van der Waals surface area contributed by atoms with Gasteiger partial charge in [0.2, 0.25) is 0 Å². The largest absolute Gasteiger partial charge is 0.298 e. The smallest absolute Gasteiger partial charge is 0.285 e. The zero-order valence-corrected chi connectivity index (χ0v) is 15.4. The highest BCUT2D eigenvalue weighted by Crippen LogP contribution is 2.31. The Hall–Kier alpha value is -2.77. The molecule has 0 unspecified atom stereocenters. The summed E-state index contributed by atoms with van der Waals surface area (Å²) in [4.78, 5) is 36.0. The zero-order chi connectivity index (χ0) is 18.7. The highest BCUT2D eigenvalue weighted by Gasteiger charge is 2.33. The van der Waals surface area contributed by atoms with Crippen molar-refractivity contribution < 1.29 is 14.4 Å². The topological polar surface area (TPSA) is 66.5 Å². The molecule has 2 aromatic carbocycles. The van der Waals surface area contributed by atoms with Crippen LogP contribution in [0.2, 0.25) is 0 Å². The maximum absolute atomic E-state index is 12.6. The van der Waals surface area contributed by atoms with Crippen molar-refractivity contribution in [3.05, 3.63) is 75.7 Å². The average Bonchev–Trinajstić information content (AvgIpc) is 2.89. The van der Waals surface area contributed by atoms with Gasteiger partial charge in [-0.1, -0.05) is 53.7 Å². The van der Waals surface area contributed by atoms with Crippen molar-refractivity contribution in [1.29, 1.82) is 0 Å². The summed E-state index contributed by atoms with van der Waals surface area (Å²) in [5.41, 5.74) is 5.27. The Kier molecular flexibility index (Phi) is 5.29. The summed E-state index contributed by atoms with van der Waals surface area (Å²) in [6.07, 6.45) is 2.43. The van der Waals surface area contributed by atoms with Gasteiger partial charge in [0, 0.05) is 11.1 Å². The van der Waals surface area contributed by atoms with Gasteiger partial charge in [-0.05, 0) is 42.9 Å². The molecule has 0 spiro atoms. The van der Waals surface area contributed by atoms with E-state index in [-0.39, 0.29) is 10.2 Å². The van der Waals surface area contributed by atoms with Gasteiger partial charge in [-0.25, -0.2) is 0 Å². The van der Waals surface area contributed by atoms with E-state index in [0.29, 0.717) is 16.0 Å². The molecule has 7 heteroatoms. The molecule has 0 aromatic heterocycles. The monoisotopic (exact) mass is 382 g/mol. The van der Waals surface area contributed by atoms with Crippen molar-refractivity contribution in [3.8, 4) is 0 Å². The first-order chi connectivity index (χ1) is 12.5. The van der Waals surface area contributed by atoms with Crippen LogP contribution in [0, 0.1) is 6.92 Å². The van der Waals surface area contributed by atoms with Crippen molar-refractivity contribution in [3.63, 3.8) is 0 Å². The highest BCUT2D eigenvalue weighted by molar-refractivity contribution is 8.26. The molecule has 1 heterocycles. The minimum Gasteiger partial charge on any atom is -0.298 e. The second-order valence-electron chi connectivity index (χ2n) is 5.61. The maximum Gasteiger partial charge on any atom is 0.285 e. The number of rotatable bonds is 4. The maximum atomic E-state index is 12.6. The Morgan fingerprint density at radius 1 is 1.15 bits per heavy atom. The van der Waals surface area contributed by atoms with Gasteiger partial charge in [0.05, 0.1) is 4.91 Å². The first-order valence-corrected chi connectivity index (χ1v) is 8.91. The van der Waals surface area contributed by atoms with Gasteiger partial charge in [-0.2, -0.15) is 5.01 Å². The standard InChI is InChI=1S/C19H14N2O3S2/c1-12-3-2-4-15(9-12)17(23)20-21-18(24)16(26-19(21)25)10-13-5-7-14(11-22)8-6-13/h2-11H,1H3,(H,20,23)/b16-10+. The van der Waals surface area contributed by atoms with Crippen LogP contribution in [0.25, 0.3) is 6.08 Å². The molecule has 5 nitrogen and oxygen atoms in total. The van der Waals surface area contributed by atoms with E-state index < -0.39 is 5.91 Å². The number of carbonyl (C=O) groups is 3. The highest BCUT2D eigenvalue weighted by atomic mass is 32.2. The minimum atomic E-state index is -0.401. The van der Waals surface area contributed by atoms with Crippen LogP contribution in [-0.4, -0.2) is 27.4 Å². The van der Waals surface area contributed by atoms with Crippen molar-refractivity contribution in [2.24, 2.45) is 0 Å². The van der Waals surface area contributed by atoms with E-state index in [2.05, 4.69) is 5.43 Å². The summed E-state index contributed by atoms with van der Waals surface area (Å²) in [5, 5.41) is 1.08. The van der Waals surface area contributed by atoms with Crippen LogP contribution in [0.4, 0.5) is 0 Å². The van der Waals surface area contributed by atoms with Crippen molar-refractivity contribution in [2.45, 2.75) is 6.92 Å². The predicted molar refractivity (Wildman–Crippen MR) is 105 cm³/mol. The number of thioether (sulfide) groups is 1. The number of hydrazine groups is 1. The second kappa shape index (κ2) is 7.63. The Morgan fingerprint density at radius 2 is 1.85 bits per heavy atom. The fourth-order valence-electron chi connectivity index (χ4n) is 2.34. The fourth-order valence-corrected chi connectivity index (χ4v) is 3.52. The van der Waals surface area contributed by atoms with E-state index in [1.54, 1.807) is 48.5 Å². The molecule has 2 amide bonds. The molecule has 1 aliphatic heterocycles. The molecule has 1 saturated heterocycles. The molecule has 0 bridgehead atoms. The van der Waals surface area contributed by atoms with Crippen LogP contribution in [0.3, 0.4) is 0 Å². The molecule has 0 aliphatic carbocycles. The van der Waals surface area contributed by atoms with E-state index in [4.69, 9.17) is 12.2 Å². The third-order valence-corrected chi connectivity index (χ3v) is 4.96. The van der Waals surface area contributed by atoms with Crippen molar-refractivity contribution >= 4 is 52.5 Å². The van der Waals surface area contributed by atoms with Gasteiger partial charge >= 0.3 is 0 Å². The van der Waals surface area contributed by atoms with Crippen LogP contribution in [0.5, 0.6) is 0 Å². The summed E-state index contributed by atoms with van der Waals surface area (Å²) in [6, 6.07) is 13.9. The lowest BCUT2D eigenvalue weighted by Gasteiger charge is -2.15. The van der Waals surface area contributed by atoms with Crippen LogP contribution in [0.15, 0.2) is 53.4 Å². The zero-order valence-electron chi connectivity index (χ0n) is 13.8. The van der Waals surface area contributed by atoms with E-state index >= 15 is 0 Å². The lowest BCUT2D eigenvalue weighted by molar-refractivity contribution is -0.123. The Balaban J connectivity index is 1.76. The number of aldehydes is 1. The molecule has 26 heavy (non-hydrogen) atoms. The van der Waals surface area contributed by atoms with E-state index in [0.717, 1.165) is 34.2 Å². The number of nitrogens with zero attached hydrogens (tertiary/aromatic N) is 1. The third-order valence-electron chi connectivity index (χ3n) is 3.66. The van der Waals surface area contributed by atoms with Gasteiger partial charge < -0.3 is 0 Å². The van der Waals surface area contributed by atoms with Crippen molar-refractivity contribution in [2.75, 3.05) is 0 Å². The minimum absolute atomic E-state index is 0.256. The number of aryl methyl sites for hydroxylation is 1. The first kappa shape index (κ1) is 18.0. The molecule has 0 saturated carbocycles. The van der Waals surface area contributed by atoms with Gasteiger partial charge in [0.15, 0.2) is 4.32 Å². The Bertz CT molecular complexity index is 936. The molecular weight excluding hydrogens is 368 g/mol. The number of hydrogen-bond donors (Lipinski definition) is 1. The summed E-state index contributed by atoms with van der Waals surface area (Å²) in [5.74, 6) is -0.790. The molecule has 1 fully saturated rings. The summed E-state index contributed by atoms with van der Waals surface area (Å²) < 4.78 is 0.256. The van der Waals surface area contributed by atoms with Crippen LogP contribution < -0.4 is 5.43 Å². The lowest BCUT2D eigenvalue weighted by Crippen LogP contribution is -2.44. The number of amides is 2. The quantitative estimate of drug-likeness (QED) is 0.499. The molecule has 3 rings (SSSR count). The summed E-state index contributed by atoms with van der Waals surface area (Å²) >= 11 is 6.32. The van der Waals surface area contributed by atoms with E-state index in [1.807, 2.05) is 13.0 Å². The number of benzene rings is 2. The Labute approximate surface area is 160 Å². The molecule has 0 atom stereocenters. The molecule has 2 aromatic rings. The molecular formula is C19H14N2O3S2. The third kappa shape index (κ3) is 3.89. The van der Waals surface area contributed by atoms with Gasteiger partial charge in [0.1, 0.15) is 6.29 Å². The van der Waals surface area contributed by atoms with Crippen LogP contribution >= 0.6 is 24.0 Å². The molecule has 1 N–H and O–H groups in total. The average molecular weight is 382 g/mol. The van der Waals surface area contributed by atoms with E-state index in [9.17, 15) is 14.4 Å². The number of thiocarbonyl (C=S) groups is 1. The van der Waals surface area contributed by atoms with Gasteiger partial charge in [-0.15, -0.1) is 0 Å². The Morgan fingerprint density at radius 3 is 2.50 bits per heavy atom. The summed E-state index contributed by atoms with van der Waals surface area (Å²) in [7, 11) is 0. The molecule has 1 aliphatic rings. The van der Waals surface area contributed by atoms with Gasteiger partial charge in [0.25, 0.3) is 11.8 Å². The number of nitrogens with one attached hydrogen (secondary N) is 1. The van der Waals surface area contributed by atoms with Crippen LogP contribution in [-0.2, 0) is 4.79 Å². The molecule has 0 radical (unpaired) electrons. The van der Waals surface area contributed by atoms with Crippen molar-refractivity contribution in [1.82, 2.24) is 10.4 Å². The summed E-state index contributed by atoms with van der Waals surface area (Å²) in [6.45, 7) is 1.88. The van der Waals surface area contributed by atoms with E-state index in [1.165, 1.54) is 0 Å². The predicted octanol–water partition coefficient (Wildman–Crippen LogP) is 3.35.